The smallest absolute Gasteiger partial charge is 0.312 e. The number of hydrogen-bond acceptors (Lipinski definition) is 5. The molecule has 0 N–H and O–H groups in total. The number of esters is 1. The maximum absolute atomic E-state index is 13.2. The van der Waals surface area contributed by atoms with E-state index in [0.717, 1.165) is 0 Å². The molecule has 2 aromatic carbocycles. The van der Waals surface area contributed by atoms with Crippen molar-refractivity contribution in [3.05, 3.63) is 88.4 Å². The highest BCUT2D eigenvalue weighted by molar-refractivity contribution is 5.90. The lowest BCUT2D eigenvalue weighted by atomic mass is 9.88. The summed E-state index contributed by atoms with van der Waals surface area (Å²) in [5.41, 5.74) is 1.60. The van der Waals surface area contributed by atoms with Gasteiger partial charge in [-0.25, -0.2) is 4.39 Å². The Balaban J connectivity index is 1.74. The third-order valence-electron chi connectivity index (χ3n) is 4.92. The molecule has 28 heavy (non-hydrogen) atoms. The van der Waals surface area contributed by atoms with Crippen molar-refractivity contribution < 1.29 is 22.8 Å². The van der Waals surface area contributed by atoms with Gasteiger partial charge in [0.05, 0.1) is 29.6 Å². The zero-order chi connectivity index (χ0) is 19.3. The highest BCUT2D eigenvalue weighted by atomic mass is 19.1. The average molecular weight is 376 g/mol. The number of carbonyl (C=O) groups excluding carboxylic acids is 1. The van der Waals surface area contributed by atoms with Crippen LogP contribution in [0.5, 0.6) is 5.75 Å². The molecule has 6 heteroatoms. The molecule has 0 amide bonds. The van der Waals surface area contributed by atoms with Gasteiger partial charge in [-0.05, 0) is 42.0 Å². The number of carbonyl (C=O) groups is 1. The molecule has 0 fully saturated rings. The van der Waals surface area contributed by atoms with E-state index >= 15 is 0 Å². The first-order valence-corrected chi connectivity index (χ1v) is 8.70. The summed E-state index contributed by atoms with van der Waals surface area (Å²) < 4.78 is 29.9. The van der Waals surface area contributed by atoms with Crippen molar-refractivity contribution in [1.29, 1.82) is 0 Å². The van der Waals surface area contributed by atoms with E-state index in [2.05, 4.69) is 0 Å². The Kier molecular flexibility index (Phi) is 3.65. The molecule has 3 heterocycles. The van der Waals surface area contributed by atoms with Crippen LogP contribution in [0.1, 0.15) is 23.7 Å². The van der Waals surface area contributed by atoms with Gasteiger partial charge in [-0.15, -0.1) is 0 Å². The minimum Gasteiger partial charge on any atom is -0.469 e. The standard InChI is InChI=1S/C22H13FO5/c23-13-5-3-12(4-6-13)16-11-27-22-14(21(16)25)7-8-18-20(22)15(10-19(24)28-18)17-2-1-9-26-17/h1-9,11,15H,10H2/t15-/m0/s1. The third kappa shape index (κ3) is 2.53. The summed E-state index contributed by atoms with van der Waals surface area (Å²) in [6, 6.07) is 12.3. The molecule has 2 aromatic heterocycles. The Bertz CT molecular complexity index is 1250. The molecule has 0 aliphatic carbocycles. The maximum Gasteiger partial charge on any atom is 0.312 e. The van der Waals surface area contributed by atoms with Crippen molar-refractivity contribution in [3.8, 4) is 16.9 Å². The summed E-state index contributed by atoms with van der Waals surface area (Å²) in [4.78, 5) is 25.1. The van der Waals surface area contributed by atoms with E-state index in [9.17, 15) is 14.0 Å². The monoisotopic (exact) mass is 376 g/mol. The van der Waals surface area contributed by atoms with Gasteiger partial charge in [0.1, 0.15) is 29.2 Å². The average Bonchev–Trinajstić information content (AvgIpc) is 3.23. The van der Waals surface area contributed by atoms with Crippen molar-refractivity contribution in [2.45, 2.75) is 12.3 Å². The van der Waals surface area contributed by atoms with Gasteiger partial charge < -0.3 is 13.6 Å². The largest absolute Gasteiger partial charge is 0.469 e. The summed E-state index contributed by atoms with van der Waals surface area (Å²) in [6.45, 7) is 0. The van der Waals surface area contributed by atoms with Crippen molar-refractivity contribution in [2.75, 3.05) is 0 Å². The Hall–Kier alpha value is -3.67. The van der Waals surface area contributed by atoms with Gasteiger partial charge in [-0.1, -0.05) is 12.1 Å². The van der Waals surface area contributed by atoms with Crippen molar-refractivity contribution in [1.82, 2.24) is 0 Å². The molecule has 1 atom stereocenters. The molecule has 138 valence electrons. The highest BCUT2D eigenvalue weighted by Crippen LogP contribution is 2.42. The maximum atomic E-state index is 13.2. The van der Waals surface area contributed by atoms with Crippen LogP contribution in [0.3, 0.4) is 0 Å². The number of rotatable bonds is 2. The van der Waals surface area contributed by atoms with Gasteiger partial charge >= 0.3 is 5.97 Å². The fraction of sp³-hybridized carbons (Fsp3) is 0.0909. The molecular weight excluding hydrogens is 363 g/mol. The van der Waals surface area contributed by atoms with Crippen LogP contribution in [0.4, 0.5) is 4.39 Å². The van der Waals surface area contributed by atoms with Crippen molar-refractivity contribution in [2.24, 2.45) is 0 Å². The predicted molar refractivity (Wildman–Crippen MR) is 98.7 cm³/mol. The highest BCUT2D eigenvalue weighted by Gasteiger charge is 2.33. The van der Waals surface area contributed by atoms with E-state index < -0.39 is 5.92 Å². The van der Waals surface area contributed by atoms with E-state index in [1.165, 1.54) is 36.8 Å². The first kappa shape index (κ1) is 16.5. The van der Waals surface area contributed by atoms with Gasteiger partial charge in [0.2, 0.25) is 5.43 Å². The molecule has 0 bridgehead atoms. The number of ether oxygens (including phenoxy) is 1. The zero-order valence-electron chi connectivity index (χ0n) is 14.5. The van der Waals surface area contributed by atoms with Crippen LogP contribution in [0.25, 0.3) is 22.1 Å². The number of benzene rings is 2. The molecule has 0 unspecified atom stereocenters. The van der Waals surface area contributed by atoms with E-state index in [0.29, 0.717) is 39.2 Å². The first-order chi connectivity index (χ1) is 13.6. The SMILES string of the molecule is O=C1C[C@@H](c2ccco2)c2c(ccc3c(=O)c(-c4ccc(F)cc4)coc23)O1. The molecule has 0 saturated carbocycles. The minimum absolute atomic E-state index is 0.0864. The topological polar surface area (TPSA) is 69.7 Å². The van der Waals surface area contributed by atoms with Crippen LogP contribution in [0.2, 0.25) is 0 Å². The Morgan fingerprint density at radius 1 is 0.964 bits per heavy atom. The van der Waals surface area contributed by atoms with Crippen LogP contribution >= 0.6 is 0 Å². The zero-order valence-corrected chi connectivity index (χ0v) is 14.5. The number of hydrogen-bond donors (Lipinski definition) is 0. The van der Waals surface area contributed by atoms with Crippen LogP contribution in [0.15, 0.2) is 74.7 Å². The van der Waals surface area contributed by atoms with Gasteiger partial charge in [0, 0.05) is 5.56 Å². The lowest BCUT2D eigenvalue weighted by Gasteiger charge is -2.23. The number of fused-ring (bicyclic) bond motifs is 3. The molecule has 0 spiro atoms. The second kappa shape index (κ2) is 6.20. The van der Waals surface area contributed by atoms with E-state index in [4.69, 9.17) is 13.6 Å². The van der Waals surface area contributed by atoms with Crippen molar-refractivity contribution >= 4 is 16.9 Å². The molecule has 5 nitrogen and oxygen atoms in total. The van der Waals surface area contributed by atoms with Gasteiger partial charge in [-0.2, -0.15) is 0 Å². The Labute approximate surface area is 158 Å². The van der Waals surface area contributed by atoms with Crippen LogP contribution < -0.4 is 10.2 Å². The second-order valence-corrected chi connectivity index (χ2v) is 6.59. The minimum atomic E-state index is -0.408. The first-order valence-electron chi connectivity index (χ1n) is 8.70. The lowest BCUT2D eigenvalue weighted by molar-refractivity contribution is -0.135. The van der Waals surface area contributed by atoms with Gasteiger partial charge in [0.25, 0.3) is 0 Å². The van der Waals surface area contributed by atoms with E-state index in [1.54, 1.807) is 24.3 Å². The molecule has 1 aliphatic heterocycles. The predicted octanol–water partition coefficient (Wildman–Crippen LogP) is 4.63. The third-order valence-corrected chi connectivity index (χ3v) is 4.92. The number of furan rings is 1. The van der Waals surface area contributed by atoms with Crippen LogP contribution in [-0.4, -0.2) is 5.97 Å². The summed E-state index contributed by atoms with van der Waals surface area (Å²) in [6.07, 6.45) is 2.97. The normalized spacial score (nSPS) is 16.0. The fourth-order valence-electron chi connectivity index (χ4n) is 3.62. The van der Waals surface area contributed by atoms with Crippen LogP contribution in [-0.2, 0) is 4.79 Å². The summed E-state index contributed by atoms with van der Waals surface area (Å²) in [7, 11) is 0. The quantitative estimate of drug-likeness (QED) is 0.377. The summed E-state index contributed by atoms with van der Waals surface area (Å²) in [5, 5.41) is 0.357. The Morgan fingerprint density at radius 3 is 2.54 bits per heavy atom. The summed E-state index contributed by atoms with van der Waals surface area (Å²) in [5.74, 6) is -0.224. The number of halogens is 1. The van der Waals surface area contributed by atoms with Crippen molar-refractivity contribution in [3.63, 3.8) is 0 Å². The second-order valence-electron chi connectivity index (χ2n) is 6.59. The molecule has 0 saturated heterocycles. The lowest BCUT2D eigenvalue weighted by Crippen LogP contribution is -2.21. The Morgan fingerprint density at radius 2 is 1.79 bits per heavy atom. The van der Waals surface area contributed by atoms with Gasteiger partial charge in [-0.3, -0.25) is 9.59 Å². The van der Waals surface area contributed by atoms with E-state index in [1.807, 2.05) is 0 Å². The fourth-order valence-corrected chi connectivity index (χ4v) is 3.62. The molecule has 1 aliphatic rings. The molecule has 4 aromatic rings. The molecular formula is C22H13FO5. The summed E-state index contributed by atoms with van der Waals surface area (Å²) >= 11 is 0. The molecule has 0 radical (unpaired) electrons. The van der Waals surface area contributed by atoms with E-state index in [-0.39, 0.29) is 23.6 Å². The van der Waals surface area contributed by atoms with Crippen LogP contribution in [0, 0.1) is 5.82 Å². The van der Waals surface area contributed by atoms with Gasteiger partial charge in [0.15, 0.2) is 0 Å². The molecule has 5 rings (SSSR count).